The molecule has 0 aromatic heterocycles. The molecule has 0 aliphatic rings. The Hall–Kier alpha value is -0.950. The van der Waals surface area contributed by atoms with Crippen LogP contribution in [0.3, 0.4) is 0 Å². The molecule has 0 bridgehead atoms. The number of allylic oxidation sites excluding steroid dienone is 4. The SMILES string of the molecule is C=C.C=CC(=S)/C(C=C)=C/C. The Morgan fingerprint density at radius 3 is 1.73 bits per heavy atom. The summed E-state index contributed by atoms with van der Waals surface area (Å²) in [6.45, 7) is 15.1. The molecule has 0 fully saturated rings. The summed E-state index contributed by atoms with van der Waals surface area (Å²) in [5.41, 5.74) is 0.972. The number of thiocarbonyl (C=S) groups is 1. The zero-order chi connectivity index (χ0) is 9.28. The van der Waals surface area contributed by atoms with Crippen molar-refractivity contribution in [2.45, 2.75) is 6.92 Å². The third-order valence-electron chi connectivity index (χ3n) is 1.00. The number of rotatable bonds is 3. The third-order valence-corrected chi connectivity index (χ3v) is 1.40. The molecule has 0 aliphatic heterocycles. The summed E-state index contributed by atoms with van der Waals surface area (Å²) in [5.74, 6) is 0. The lowest BCUT2D eigenvalue weighted by Crippen LogP contribution is -1.89. The topological polar surface area (TPSA) is 0 Å². The molecule has 0 saturated heterocycles. The lowest BCUT2D eigenvalue weighted by Gasteiger charge is -1.93. The van der Waals surface area contributed by atoms with E-state index in [1.54, 1.807) is 12.2 Å². The minimum absolute atomic E-state index is 0.757. The second-order valence-corrected chi connectivity index (χ2v) is 1.96. The monoisotopic (exact) mass is 166 g/mol. The highest BCUT2D eigenvalue weighted by molar-refractivity contribution is 7.81. The predicted molar refractivity (Wildman–Crippen MR) is 58.0 cm³/mol. The fourth-order valence-corrected chi connectivity index (χ4v) is 0.680. The minimum atomic E-state index is 0.757. The Morgan fingerprint density at radius 2 is 1.64 bits per heavy atom. The second kappa shape index (κ2) is 9.05. The Balaban J connectivity index is 0. The van der Waals surface area contributed by atoms with Crippen LogP contribution in [0, 0.1) is 0 Å². The fraction of sp³-hybridized carbons (Fsp3) is 0.100. The van der Waals surface area contributed by atoms with Crippen LogP contribution in [-0.2, 0) is 0 Å². The molecule has 0 heterocycles. The van der Waals surface area contributed by atoms with Crippen molar-refractivity contribution in [2.24, 2.45) is 0 Å². The van der Waals surface area contributed by atoms with Gasteiger partial charge in [-0.15, -0.1) is 13.2 Å². The lowest BCUT2D eigenvalue weighted by atomic mass is 10.2. The van der Waals surface area contributed by atoms with E-state index >= 15 is 0 Å². The van der Waals surface area contributed by atoms with Gasteiger partial charge in [-0.25, -0.2) is 0 Å². The molecular weight excluding hydrogens is 152 g/mol. The van der Waals surface area contributed by atoms with Crippen molar-refractivity contribution in [3.8, 4) is 0 Å². The molecule has 0 unspecified atom stereocenters. The molecule has 0 rings (SSSR count). The maximum Gasteiger partial charge on any atom is 0.0440 e. The lowest BCUT2D eigenvalue weighted by molar-refractivity contribution is 1.68. The van der Waals surface area contributed by atoms with Crippen molar-refractivity contribution in [1.82, 2.24) is 0 Å². The van der Waals surface area contributed by atoms with Crippen LogP contribution < -0.4 is 0 Å². The summed E-state index contributed by atoms with van der Waals surface area (Å²) in [5, 5.41) is 0. The quantitative estimate of drug-likeness (QED) is 0.268. The van der Waals surface area contributed by atoms with Gasteiger partial charge < -0.3 is 0 Å². The van der Waals surface area contributed by atoms with Gasteiger partial charge in [-0.1, -0.05) is 43.6 Å². The predicted octanol–water partition coefficient (Wildman–Crippen LogP) is 3.48. The van der Waals surface area contributed by atoms with Gasteiger partial charge in [0.15, 0.2) is 0 Å². The van der Waals surface area contributed by atoms with Gasteiger partial charge in [-0.2, -0.15) is 0 Å². The van der Waals surface area contributed by atoms with Crippen molar-refractivity contribution in [3.63, 3.8) is 0 Å². The van der Waals surface area contributed by atoms with Gasteiger partial charge in [0.25, 0.3) is 0 Å². The zero-order valence-corrected chi connectivity index (χ0v) is 7.79. The fourth-order valence-electron chi connectivity index (χ4n) is 0.479. The minimum Gasteiger partial charge on any atom is -0.106 e. The zero-order valence-electron chi connectivity index (χ0n) is 6.97. The van der Waals surface area contributed by atoms with E-state index in [0.717, 1.165) is 10.4 Å². The third kappa shape index (κ3) is 5.49. The Bertz CT molecular complexity index is 175. The first-order chi connectivity index (χ1) is 5.26. The van der Waals surface area contributed by atoms with Gasteiger partial charge in [0.1, 0.15) is 0 Å². The van der Waals surface area contributed by atoms with Crippen LogP contribution in [0.15, 0.2) is 50.1 Å². The number of hydrogen-bond acceptors (Lipinski definition) is 1. The maximum atomic E-state index is 4.92. The second-order valence-electron chi connectivity index (χ2n) is 1.52. The highest BCUT2D eigenvalue weighted by Gasteiger charge is 1.90. The summed E-state index contributed by atoms with van der Waals surface area (Å²) in [6, 6.07) is 0. The van der Waals surface area contributed by atoms with Gasteiger partial charge in [0.05, 0.1) is 0 Å². The Kier molecular flexibility index (Phi) is 10.5. The van der Waals surface area contributed by atoms with Gasteiger partial charge in [0, 0.05) is 4.86 Å². The van der Waals surface area contributed by atoms with Crippen LogP contribution in [0.25, 0.3) is 0 Å². The summed E-state index contributed by atoms with van der Waals surface area (Å²) in [7, 11) is 0. The normalized spacial score (nSPS) is 9.00. The highest BCUT2D eigenvalue weighted by atomic mass is 32.1. The molecule has 0 aliphatic carbocycles. The molecule has 0 saturated carbocycles. The van der Waals surface area contributed by atoms with Gasteiger partial charge in [-0.05, 0) is 12.5 Å². The molecule has 0 spiro atoms. The van der Waals surface area contributed by atoms with Crippen LogP contribution in [-0.4, -0.2) is 4.86 Å². The van der Waals surface area contributed by atoms with Crippen LogP contribution in [0.2, 0.25) is 0 Å². The molecule has 0 aromatic rings. The van der Waals surface area contributed by atoms with Gasteiger partial charge in [-0.3, -0.25) is 0 Å². The van der Waals surface area contributed by atoms with Crippen molar-refractivity contribution in [2.75, 3.05) is 0 Å². The molecule has 60 valence electrons. The largest absolute Gasteiger partial charge is 0.106 e. The summed E-state index contributed by atoms with van der Waals surface area (Å²) >= 11 is 4.92. The van der Waals surface area contributed by atoms with Crippen molar-refractivity contribution in [3.05, 3.63) is 50.1 Å². The van der Waals surface area contributed by atoms with E-state index < -0.39 is 0 Å². The first-order valence-electron chi connectivity index (χ1n) is 3.21. The molecule has 0 N–H and O–H groups in total. The van der Waals surface area contributed by atoms with Crippen molar-refractivity contribution in [1.29, 1.82) is 0 Å². The van der Waals surface area contributed by atoms with Crippen LogP contribution >= 0.6 is 12.2 Å². The van der Waals surface area contributed by atoms with Gasteiger partial charge in [0.2, 0.25) is 0 Å². The van der Waals surface area contributed by atoms with E-state index in [0.29, 0.717) is 0 Å². The average molecular weight is 166 g/mol. The van der Waals surface area contributed by atoms with Crippen LogP contribution in [0.5, 0.6) is 0 Å². The Morgan fingerprint density at radius 1 is 1.18 bits per heavy atom. The summed E-state index contributed by atoms with van der Waals surface area (Å²) in [6.07, 6.45) is 5.29. The molecule has 0 amide bonds. The van der Waals surface area contributed by atoms with Crippen molar-refractivity contribution >= 4 is 17.1 Å². The maximum absolute atomic E-state index is 4.92. The molecule has 11 heavy (non-hydrogen) atoms. The standard InChI is InChI=1S/C8H10S.C2H4/c1-4-7(5-2)8(9)6-3;1-2/h4-6H,1,3H2,2H3;1-2H2/b7-5+;. The van der Waals surface area contributed by atoms with E-state index in [-0.39, 0.29) is 0 Å². The summed E-state index contributed by atoms with van der Waals surface area (Å²) in [4.78, 5) is 0.757. The molecule has 1 heteroatoms. The molecule has 0 radical (unpaired) electrons. The first-order valence-corrected chi connectivity index (χ1v) is 3.62. The molecular formula is C10H14S. The van der Waals surface area contributed by atoms with Gasteiger partial charge >= 0.3 is 0 Å². The van der Waals surface area contributed by atoms with Crippen LogP contribution in [0.4, 0.5) is 0 Å². The van der Waals surface area contributed by atoms with E-state index in [4.69, 9.17) is 12.2 Å². The highest BCUT2D eigenvalue weighted by Crippen LogP contribution is 1.99. The van der Waals surface area contributed by atoms with E-state index in [2.05, 4.69) is 26.3 Å². The smallest absolute Gasteiger partial charge is 0.0440 e. The van der Waals surface area contributed by atoms with E-state index in [1.165, 1.54) is 0 Å². The molecule has 0 nitrogen and oxygen atoms in total. The Labute approximate surface area is 74.6 Å². The van der Waals surface area contributed by atoms with Crippen LogP contribution in [0.1, 0.15) is 6.92 Å². The van der Waals surface area contributed by atoms with E-state index in [9.17, 15) is 0 Å². The number of hydrogen-bond donors (Lipinski definition) is 0. The average Bonchev–Trinajstić information content (AvgIpc) is 2.10. The van der Waals surface area contributed by atoms with Crippen molar-refractivity contribution < 1.29 is 0 Å². The summed E-state index contributed by atoms with van der Waals surface area (Å²) < 4.78 is 0. The van der Waals surface area contributed by atoms with E-state index in [1.807, 2.05) is 13.0 Å². The molecule has 0 aromatic carbocycles. The molecule has 0 atom stereocenters. The first kappa shape index (κ1) is 12.7.